The van der Waals surface area contributed by atoms with Gasteiger partial charge in [0, 0.05) is 18.3 Å². The second-order valence-electron chi connectivity index (χ2n) is 6.19. The predicted octanol–water partition coefficient (Wildman–Crippen LogP) is 4.35. The summed E-state index contributed by atoms with van der Waals surface area (Å²) in [6.07, 6.45) is 8.18. The van der Waals surface area contributed by atoms with Crippen LogP contribution in [0.5, 0.6) is 0 Å². The molecule has 1 aliphatic carbocycles. The number of aryl methyl sites for hydroxylation is 1. The Morgan fingerprint density at radius 2 is 1.90 bits per heavy atom. The molecule has 1 aromatic rings. The Morgan fingerprint density at radius 3 is 2.75 bits per heavy atom. The lowest BCUT2D eigenvalue weighted by Gasteiger charge is -2.45. The normalized spacial score (nSPS) is 25.9. The molecule has 1 saturated carbocycles. The van der Waals surface area contributed by atoms with Gasteiger partial charge in [-0.1, -0.05) is 31.0 Å². The molecule has 1 aliphatic heterocycles. The van der Waals surface area contributed by atoms with Crippen LogP contribution in [-0.2, 0) is 0 Å². The Labute approximate surface area is 127 Å². The fourth-order valence-corrected chi connectivity index (χ4v) is 4.11. The third-order valence-corrected chi connectivity index (χ3v) is 5.23. The lowest BCUT2D eigenvalue weighted by Crippen LogP contribution is -2.51. The minimum absolute atomic E-state index is 0.682. The fourth-order valence-electron chi connectivity index (χ4n) is 3.78. The summed E-state index contributed by atoms with van der Waals surface area (Å²) in [5.74, 6) is 0.870. The maximum atomic E-state index is 5.70. The van der Waals surface area contributed by atoms with Crippen LogP contribution in [0.25, 0.3) is 0 Å². The molecule has 0 unspecified atom stereocenters. The molecule has 108 valence electrons. The van der Waals surface area contributed by atoms with E-state index in [1.807, 2.05) is 0 Å². The van der Waals surface area contributed by atoms with E-state index in [-0.39, 0.29) is 0 Å². The average Bonchev–Trinajstić information content (AvgIpc) is 2.49. The number of nitrogens with one attached hydrogen (secondary N) is 1. The molecular formula is C17H24N2S. The summed E-state index contributed by atoms with van der Waals surface area (Å²) in [4.78, 5) is 2.47. The van der Waals surface area contributed by atoms with Crippen molar-refractivity contribution in [3.8, 4) is 0 Å². The summed E-state index contributed by atoms with van der Waals surface area (Å²) in [6.45, 7) is 3.25. The van der Waals surface area contributed by atoms with Crippen molar-refractivity contribution in [3.05, 3.63) is 29.8 Å². The molecule has 0 aromatic heterocycles. The summed E-state index contributed by atoms with van der Waals surface area (Å²) in [5.41, 5.74) is 2.41. The molecule has 1 saturated heterocycles. The standard InChI is InChI=1S/C17H24N2S/c1-13-7-2-4-10-15(13)18-17(20)19-12-6-9-14-8-3-5-11-16(14)19/h2,4,7,10,14,16H,3,5-6,8-9,11-12H2,1H3,(H,18,20)/t14-,16+/m1/s1. The molecule has 20 heavy (non-hydrogen) atoms. The van der Waals surface area contributed by atoms with E-state index in [2.05, 4.69) is 41.4 Å². The number of fused-ring (bicyclic) bond motifs is 1. The summed E-state index contributed by atoms with van der Waals surface area (Å²) in [5, 5.41) is 4.40. The monoisotopic (exact) mass is 288 g/mol. The van der Waals surface area contributed by atoms with Gasteiger partial charge < -0.3 is 10.2 Å². The predicted molar refractivity (Wildman–Crippen MR) is 89.1 cm³/mol. The van der Waals surface area contributed by atoms with E-state index in [0.29, 0.717) is 6.04 Å². The number of nitrogens with zero attached hydrogens (tertiary/aromatic N) is 1. The molecule has 2 atom stereocenters. The number of likely N-dealkylation sites (tertiary alicyclic amines) is 1. The molecule has 2 fully saturated rings. The maximum absolute atomic E-state index is 5.70. The van der Waals surface area contributed by atoms with Crippen LogP contribution >= 0.6 is 12.2 Å². The molecule has 0 radical (unpaired) electrons. The molecule has 3 heteroatoms. The van der Waals surface area contributed by atoms with E-state index in [0.717, 1.165) is 23.3 Å². The van der Waals surface area contributed by atoms with E-state index in [1.54, 1.807) is 0 Å². The van der Waals surface area contributed by atoms with E-state index in [9.17, 15) is 0 Å². The molecule has 1 N–H and O–H groups in total. The van der Waals surface area contributed by atoms with Gasteiger partial charge in [-0.15, -0.1) is 0 Å². The van der Waals surface area contributed by atoms with Gasteiger partial charge in [0.2, 0.25) is 0 Å². The second-order valence-corrected chi connectivity index (χ2v) is 6.58. The van der Waals surface area contributed by atoms with E-state index < -0.39 is 0 Å². The van der Waals surface area contributed by atoms with Crippen LogP contribution in [0.3, 0.4) is 0 Å². The van der Waals surface area contributed by atoms with Crippen molar-refractivity contribution < 1.29 is 0 Å². The van der Waals surface area contributed by atoms with Gasteiger partial charge in [0.25, 0.3) is 0 Å². The molecule has 2 nitrogen and oxygen atoms in total. The number of benzene rings is 1. The van der Waals surface area contributed by atoms with Gasteiger partial charge in [-0.25, -0.2) is 0 Å². The lowest BCUT2D eigenvalue weighted by atomic mass is 9.78. The van der Waals surface area contributed by atoms with Gasteiger partial charge in [-0.3, -0.25) is 0 Å². The molecule has 0 amide bonds. The van der Waals surface area contributed by atoms with Gasteiger partial charge in [0.1, 0.15) is 0 Å². The fraction of sp³-hybridized carbons (Fsp3) is 0.588. The zero-order valence-corrected chi connectivity index (χ0v) is 13.1. The van der Waals surface area contributed by atoms with Crippen LogP contribution in [0.1, 0.15) is 44.1 Å². The first-order valence-electron chi connectivity index (χ1n) is 7.89. The maximum Gasteiger partial charge on any atom is 0.173 e. The third-order valence-electron chi connectivity index (χ3n) is 4.89. The SMILES string of the molecule is Cc1ccccc1NC(=S)N1CCC[C@H]2CCCC[C@@H]21. The number of rotatable bonds is 1. The van der Waals surface area contributed by atoms with E-state index >= 15 is 0 Å². The molecule has 0 spiro atoms. The number of thiocarbonyl (C=S) groups is 1. The van der Waals surface area contributed by atoms with Gasteiger partial charge in [-0.2, -0.15) is 0 Å². The van der Waals surface area contributed by atoms with Crippen molar-refractivity contribution in [1.29, 1.82) is 0 Å². The summed E-state index contributed by atoms with van der Waals surface area (Å²) in [6, 6.07) is 9.06. The van der Waals surface area contributed by atoms with Crippen molar-refractivity contribution in [3.63, 3.8) is 0 Å². The summed E-state index contributed by atoms with van der Waals surface area (Å²) >= 11 is 5.70. The highest BCUT2D eigenvalue weighted by atomic mass is 32.1. The van der Waals surface area contributed by atoms with Gasteiger partial charge in [-0.05, 0) is 62.4 Å². The topological polar surface area (TPSA) is 15.3 Å². The Hall–Kier alpha value is -1.09. The highest BCUT2D eigenvalue weighted by Crippen LogP contribution is 2.35. The van der Waals surface area contributed by atoms with E-state index in [1.165, 1.54) is 44.1 Å². The Balaban J connectivity index is 1.71. The van der Waals surface area contributed by atoms with Gasteiger partial charge >= 0.3 is 0 Å². The third kappa shape index (κ3) is 2.83. The zero-order valence-electron chi connectivity index (χ0n) is 12.3. The lowest BCUT2D eigenvalue weighted by molar-refractivity contribution is 0.121. The van der Waals surface area contributed by atoms with Crippen molar-refractivity contribution in [2.75, 3.05) is 11.9 Å². The van der Waals surface area contributed by atoms with E-state index in [4.69, 9.17) is 12.2 Å². The van der Waals surface area contributed by atoms with Crippen molar-refractivity contribution in [2.24, 2.45) is 5.92 Å². The number of hydrogen-bond acceptors (Lipinski definition) is 1. The molecule has 0 bridgehead atoms. The Kier molecular flexibility index (Phi) is 4.25. The average molecular weight is 288 g/mol. The van der Waals surface area contributed by atoms with Crippen LogP contribution in [0.4, 0.5) is 5.69 Å². The second kappa shape index (κ2) is 6.13. The molecular weight excluding hydrogens is 264 g/mol. The molecule has 2 aliphatic rings. The number of piperidine rings is 1. The van der Waals surface area contributed by atoms with Crippen molar-refractivity contribution in [1.82, 2.24) is 4.90 Å². The quantitative estimate of drug-likeness (QED) is 0.774. The Morgan fingerprint density at radius 1 is 1.15 bits per heavy atom. The minimum Gasteiger partial charge on any atom is -0.346 e. The molecule has 1 heterocycles. The van der Waals surface area contributed by atoms with Crippen LogP contribution < -0.4 is 5.32 Å². The van der Waals surface area contributed by atoms with Gasteiger partial charge in [0.15, 0.2) is 5.11 Å². The van der Waals surface area contributed by atoms with Crippen molar-refractivity contribution >= 4 is 23.0 Å². The number of anilines is 1. The van der Waals surface area contributed by atoms with Crippen LogP contribution in [0.2, 0.25) is 0 Å². The van der Waals surface area contributed by atoms with Crippen LogP contribution in [-0.4, -0.2) is 22.6 Å². The number of para-hydroxylation sites is 1. The van der Waals surface area contributed by atoms with Crippen molar-refractivity contribution in [2.45, 2.75) is 51.5 Å². The first-order chi connectivity index (χ1) is 9.75. The molecule has 1 aromatic carbocycles. The summed E-state index contributed by atoms with van der Waals surface area (Å²) in [7, 11) is 0. The highest BCUT2D eigenvalue weighted by molar-refractivity contribution is 7.80. The molecule has 3 rings (SSSR count). The number of hydrogen-bond donors (Lipinski definition) is 1. The summed E-state index contributed by atoms with van der Waals surface area (Å²) < 4.78 is 0. The van der Waals surface area contributed by atoms with Crippen LogP contribution in [0.15, 0.2) is 24.3 Å². The van der Waals surface area contributed by atoms with Crippen LogP contribution in [0, 0.1) is 12.8 Å². The minimum atomic E-state index is 0.682. The highest BCUT2D eigenvalue weighted by Gasteiger charge is 2.34. The first kappa shape index (κ1) is 13.9. The van der Waals surface area contributed by atoms with Gasteiger partial charge in [0.05, 0.1) is 0 Å². The first-order valence-corrected chi connectivity index (χ1v) is 8.30. The largest absolute Gasteiger partial charge is 0.346 e. The Bertz CT molecular complexity index is 484. The smallest absolute Gasteiger partial charge is 0.173 e. The zero-order chi connectivity index (χ0) is 13.9.